The van der Waals surface area contributed by atoms with E-state index in [1.807, 2.05) is 13.0 Å². The highest BCUT2D eigenvalue weighted by molar-refractivity contribution is 6.50. The Balaban J connectivity index is 2.03. The minimum atomic E-state index is -0.195. The molecule has 1 aliphatic carbocycles. The molecule has 24 heavy (non-hydrogen) atoms. The first kappa shape index (κ1) is 16.2. The fraction of sp³-hybridized carbons (Fsp3) is 0.222. The lowest BCUT2D eigenvalue weighted by Gasteiger charge is -2.09. The number of nitrogens with zero attached hydrogens (tertiary/aromatic N) is 3. The molecule has 0 unspecified atom stereocenters. The number of fused-ring (bicyclic) bond motifs is 1. The van der Waals surface area contributed by atoms with E-state index in [9.17, 15) is 4.79 Å². The van der Waals surface area contributed by atoms with Gasteiger partial charge in [0.2, 0.25) is 0 Å². The summed E-state index contributed by atoms with van der Waals surface area (Å²) in [5.41, 5.74) is 3.08. The number of aromatic nitrogens is 2. The average Bonchev–Trinajstić information content (AvgIpc) is 2.90. The first-order chi connectivity index (χ1) is 11.5. The Morgan fingerprint density at radius 2 is 2.21 bits per heavy atom. The van der Waals surface area contributed by atoms with Crippen molar-refractivity contribution in [1.29, 1.82) is 5.26 Å². The zero-order valence-corrected chi connectivity index (χ0v) is 14.0. The normalized spacial score (nSPS) is 12.8. The van der Waals surface area contributed by atoms with Crippen LogP contribution in [0.1, 0.15) is 47.6 Å². The van der Waals surface area contributed by atoms with Gasteiger partial charge in [-0.3, -0.25) is 4.79 Å². The van der Waals surface area contributed by atoms with Crippen molar-refractivity contribution in [3.05, 3.63) is 52.4 Å². The summed E-state index contributed by atoms with van der Waals surface area (Å²) in [7, 11) is 0. The summed E-state index contributed by atoms with van der Waals surface area (Å²) in [4.78, 5) is 20.6. The molecule has 0 spiro atoms. The molecule has 120 valence electrons. The van der Waals surface area contributed by atoms with Crippen LogP contribution in [0.4, 0.5) is 0 Å². The van der Waals surface area contributed by atoms with E-state index in [1.54, 1.807) is 24.3 Å². The summed E-state index contributed by atoms with van der Waals surface area (Å²) in [5.74, 6) is 0.246. The van der Waals surface area contributed by atoms with Gasteiger partial charge in [0, 0.05) is 18.9 Å². The summed E-state index contributed by atoms with van der Waals surface area (Å²) in [6.07, 6.45) is 1.37. The van der Waals surface area contributed by atoms with Crippen LogP contribution in [-0.4, -0.2) is 15.8 Å². The predicted octanol–water partition coefficient (Wildman–Crippen LogP) is 4.26. The molecule has 0 amide bonds. The smallest absolute Gasteiger partial charge is 0.322 e. The molecule has 0 radical (unpaired) electrons. The van der Waals surface area contributed by atoms with Gasteiger partial charge in [-0.1, -0.05) is 24.6 Å². The number of ether oxygens (including phenoxy) is 1. The Morgan fingerprint density at radius 1 is 1.42 bits per heavy atom. The zero-order valence-electron chi connectivity index (χ0n) is 13.3. The molecule has 5 nitrogen and oxygen atoms in total. The fourth-order valence-corrected chi connectivity index (χ4v) is 3.01. The maximum atomic E-state index is 12.0. The number of carbonyl (C=O) groups is 1. The van der Waals surface area contributed by atoms with Crippen LogP contribution in [-0.2, 0) is 6.42 Å². The van der Waals surface area contributed by atoms with Gasteiger partial charge in [0.15, 0.2) is 5.78 Å². The number of hydrogen-bond donors (Lipinski definition) is 0. The first-order valence-corrected chi connectivity index (χ1v) is 7.89. The van der Waals surface area contributed by atoms with Crippen molar-refractivity contribution < 1.29 is 9.53 Å². The van der Waals surface area contributed by atoms with Gasteiger partial charge in [-0.15, -0.1) is 0 Å². The molecule has 0 saturated carbocycles. The van der Waals surface area contributed by atoms with E-state index in [0.717, 1.165) is 12.0 Å². The van der Waals surface area contributed by atoms with Crippen LogP contribution < -0.4 is 4.74 Å². The van der Waals surface area contributed by atoms with Crippen LogP contribution in [0.2, 0.25) is 0 Å². The molecule has 3 rings (SSSR count). The highest BCUT2D eigenvalue weighted by Crippen LogP contribution is 2.39. The van der Waals surface area contributed by atoms with Crippen LogP contribution in [0.5, 0.6) is 11.8 Å². The van der Waals surface area contributed by atoms with E-state index in [-0.39, 0.29) is 17.5 Å². The molecule has 0 fully saturated rings. The third kappa shape index (κ3) is 2.89. The minimum absolute atomic E-state index is 0.0795. The van der Waals surface area contributed by atoms with Crippen molar-refractivity contribution in [1.82, 2.24) is 9.97 Å². The maximum Gasteiger partial charge on any atom is 0.322 e. The Morgan fingerprint density at radius 3 is 2.88 bits per heavy atom. The van der Waals surface area contributed by atoms with Crippen molar-refractivity contribution in [3.63, 3.8) is 0 Å². The van der Waals surface area contributed by atoms with Crippen molar-refractivity contribution in [2.75, 3.05) is 0 Å². The molecule has 0 bridgehead atoms. The van der Waals surface area contributed by atoms with Gasteiger partial charge in [0.1, 0.15) is 11.4 Å². The second-order valence-electron chi connectivity index (χ2n) is 5.42. The van der Waals surface area contributed by atoms with Crippen molar-refractivity contribution in [2.45, 2.75) is 26.7 Å². The minimum Gasteiger partial charge on any atom is -0.424 e. The summed E-state index contributed by atoms with van der Waals surface area (Å²) >= 11 is 6.38. The molecule has 1 aromatic heterocycles. The molecular weight excluding hydrogens is 326 g/mol. The van der Waals surface area contributed by atoms with Crippen LogP contribution >= 0.6 is 11.6 Å². The Bertz CT molecular complexity index is 913. The topological polar surface area (TPSA) is 75.9 Å². The second-order valence-corrected chi connectivity index (χ2v) is 5.80. The molecule has 1 heterocycles. The average molecular weight is 340 g/mol. The van der Waals surface area contributed by atoms with Crippen LogP contribution in [0.3, 0.4) is 0 Å². The largest absolute Gasteiger partial charge is 0.424 e. The third-order valence-electron chi connectivity index (χ3n) is 3.81. The maximum absolute atomic E-state index is 12.0. The molecule has 0 aliphatic heterocycles. The van der Waals surface area contributed by atoms with E-state index < -0.39 is 0 Å². The Labute approximate surface area is 144 Å². The molecule has 2 aromatic rings. The Hall–Kier alpha value is -2.71. The van der Waals surface area contributed by atoms with Gasteiger partial charge in [0.25, 0.3) is 0 Å². The fourth-order valence-electron chi connectivity index (χ4n) is 2.61. The lowest BCUT2D eigenvalue weighted by atomic mass is 10.1. The number of hydrogen-bond acceptors (Lipinski definition) is 5. The van der Waals surface area contributed by atoms with Gasteiger partial charge in [-0.05, 0) is 30.2 Å². The number of Topliss-reactive ketones (excluding diaryl/α,β-unsaturated/α-hetero) is 1. The number of nitriles is 1. The van der Waals surface area contributed by atoms with Crippen molar-refractivity contribution >= 4 is 22.4 Å². The number of carbonyl (C=O) groups excluding carboxylic acids is 1. The number of allylic oxidation sites excluding steroid dienone is 1. The van der Waals surface area contributed by atoms with E-state index in [2.05, 4.69) is 9.97 Å². The van der Waals surface area contributed by atoms with E-state index in [1.165, 1.54) is 6.92 Å². The lowest BCUT2D eigenvalue weighted by molar-refractivity contribution is 0.101. The van der Waals surface area contributed by atoms with E-state index >= 15 is 0 Å². The first-order valence-electron chi connectivity index (χ1n) is 7.51. The number of benzene rings is 1. The highest BCUT2D eigenvalue weighted by atomic mass is 35.5. The highest BCUT2D eigenvalue weighted by Gasteiger charge is 2.28. The lowest BCUT2D eigenvalue weighted by Crippen LogP contribution is -2.07. The molecule has 6 heteroatoms. The number of rotatable bonds is 4. The van der Waals surface area contributed by atoms with Gasteiger partial charge < -0.3 is 4.74 Å². The van der Waals surface area contributed by atoms with Gasteiger partial charge in [-0.25, -0.2) is 0 Å². The van der Waals surface area contributed by atoms with Crippen molar-refractivity contribution in [2.24, 2.45) is 0 Å². The summed E-state index contributed by atoms with van der Waals surface area (Å²) in [6.45, 7) is 3.45. The standard InChI is InChI=1S/C18H14ClN3O2/c1-3-12-8-14-15(16(12)19)17(10(2)23)22-18(21-14)24-13-6-4-5-11(7-13)9-20/h4-7H,3,8H2,1-2H3. The summed E-state index contributed by atoms with van der Waals surface area (Å²) in [6, 6.07) is 8.80. The quantitative estimate of drug-likeness (QED) is 0.778. The van der Waals surface area contributed by atoms with E-state index in [4.69, 9.17) is 21.6 Å². The number of ketones is 1. The van der Waals surface area contributed by atoms with Gasteiger partial charge in [0.05, 0.1) is 22.4 Å². The SMILES string of the molecule is CCC1=C(Cl)c2c(nc(Oc3cccc(C#N)c3)nc2C(C)=O)C1. The number of halogens is 1. The van der Waals surface area contributed by atoms with Gasteiger partial charge >= 0.3 is 6.01 Å². The van der Waals surface area contributed by atoms with Crippen LogP contribution in [0.25, 0.3) is 5.03 Å². The molecule has 0 N–H and O–H groups in total. The molecule has 0 atom stereocenters. The second kappa shape index (κ2) is 6.42. The third-order valence-corrected chi connectivity index (χ3v) is 4.26. The monoisotopic (exact) mass is 339 g/mol. The van der Waals surface area contributed by atoms with Crippen molar-refractivity contribution in [3.8, 4) is 17.8 Å². The molecule has 1 aliphatic rings. The van der Waals surface area contributed by atoms with Crippen LogP contribution in [0.15, 0.2) is 29.8 Å². The summed E-state index contributed by atoms with van der Waals surface area (Å²) < 4.78 is 5.65. The molecule has 1 aromatic carbocycles. The molecule has 0 saturated heterocycles. The van der Waals surface area contributed by atoms with Crippen LogP contribution in [0, 0.1) is 11.3 Å². The summed E-state index contributed by atoms with van der Waals surface area (Å²) in [5, 5.41) is 9.52. The van der Waals surface area contributed by atoms with Gasteiger partial charge in [-0.2, -0.15) is 15.2 Å². The Kier molecular flexibility index (Phi) is 4.32. The molecular formula is C18H14ClN3O2. The predicted molar refractivity (Wildman–Crippen MR) is 90.0 cm³/mol. The van der Waals surface area contributed by atoms with E-state index in [0.29, 0.717) is 34.0 Å². The zero-order chi connectivity index (χ0) is 17.3.